The van der Waals surface area contributed by atoms with Gasteiger partial charge in [0.25, 0.3) is 11.6 Å². The van der Waals surface area contributed by atoms with Gasteiger partial charge in [0.2, 0.25) is 0 Å². The third-order valence-corrected chi connectivity index (χ3v) is 5.25. The Morgan fingerprint density at radius 1 is 1.06 bits per heavy atom. The van der Waals surface area contributed by atoms with Crippen LogP contribution in [0.4, 0.5) is 26.2 Å². The van der Waals surface area contributed by atoms with E-state index in [1.165, 1.54) is 41.3 Å². The van der Waals surface area contributed by atoms with Crippen molar-refractivity contribution >= 4 is 40.6 Å². The van der Waals surface area contributed by atoms with Crippen LogP contribution in [-0.4, -0.2) is 30.0 Å². The minimum absolute atomic E-state index is 0.0304. The van der Waals surface area contributed by atoms with E-state index in [0.717, 1.165) is 11.6 Å². The van der Waals surface area contributed by atoms with Crippen molar-refractivity contribution in [2.45, 2.75) is 13.3 Å². The maximum atomic E-state index is 13.4. The summed E-state index contributed by atoms with van der Waals surface area (Å²) in [4.78, 5) is 37.0. The van der Waals surface area contributed by atoms with Crippen LogP contribution < -0.4 is 15.5 Å². The second-order valence-corrected chi connectivity index (χ2v) is 7.86. The summed E-state index contributed by atoms with van der Waals surface area (Å²) in [6.45, 7) is 2.38. The smallest absolute Gasteiger partial charge is 0.326 e. The first kappa shape index (κ1) is 24.7. The third kappa shape index (κ3) is 6.52. The van der Waals surface area contributed by atoms with Gasteiger partial charge in [0.05, 0.1) is 15.5 Å². The summed E-state index contributed by atoms with van der Waals surface area (Å²) in [5.41, 5.74) is 2.06. The lowest BCUT2D eigenvalue weighted by Crippen LogP contribution is -2.37. The molecule has 0 heterocycles. The predicted octanol–water partition coefficient (Wildman–Crippen LogP) is 5.55. The van der Waals surface area contributed by atoms with Crippen molar-refractivity contribution in [2.24, 2.45) is 0 Å². The number of nitro benzene ring substituents is 1. The Bertz CT molecular complexity index is 1190. The molecule has 2 N–H and O–H groups in total. The van der Waals surface area contributed by atoms with Gasteiger partial charge in [0.1, 0.15) is 5.82 Å². The van der Waals surface area contributed by atoms with Gasteiger partial charge in [-0.05, 0) is 55.8 Å². The number of anilines is 2. The van der Waals surface area contributed by atoms with E-state index in [2.05, 4.69) is 10.6 Å². The number of hydrogen-bond donors (Lipinski definition) is 2. The van der Waals surface area contributed by atoms with Crippen molar-refractivity contribution in [3.8, 4) is 0 Å². The summed E-state index contributed by atoms with van der Waals surface area (Å²) in [6.07, 6.45) is 0.384. The van der Waals surface area contributed by atoms with Gasteiger partial charge in [-0.25, -0.2) is 9.18 Å². The number of non-ortho nitro benzene ring substituents is 1. The van der Waals surface area contributed by atoms with Gasteiger partial charge in [-0.1, -0.05) is 29.3 Å². The number of carbonyl (C=O) groups excluding carboxylic acids is 2. The van der Waals surface area contributed by atoms with Gasteiger partial charge in [-0.3, -0.25) is 19.8 Å². The average molecular weight is 485 g/mol. The first-order chi connectivity index (χ1) is 16.2. The molecule has 3 aromatic rings. The second kappa shape index (κ2) is 11.2. The van der Waals surface area contributed by atoms with Crippen LogP contribution in [0.2, 0.25) is 5.02 Å². The average Bonchev–Trinajstić information content (AvgIpc) is 2.81. The highest BCUT2D eigenvalue weighted by Gasteiger charge is 2.17. The van der Waals surface area contributed by atoms with Gasteiger partial charge >= 0.3 is 6.03 Å². The van der Waals surface area contributed by atoms with E-state index in [4.69, 9.17) is 11.6 Å². The third-order valence-electron chi connectivity index (χ3n) is 4.94. The Hall–Kier alpha value is -3.98. The number of amides is 3. The maximum absolute atomic E-state index is 13.4. The molecule has 0 radical (unpaired) electrons. The number of carbonyl (C=O) groups is 2. The van der Waals surface area contributed by atoms with Crippen molar-refractivity contribution in [1.82, 2.24) is 5.32 Å². The van der Waals surface area contributed by atoms with Crippen LogP contribution in [0.5, 0.6) is 0 Å². The molecule has 8 nitrogen and oxygen atoms in total. The summed E-state index contributed by atoms with van der Waals surface area (Å²) < 4.78 is 13.4. The number of rotatable bonds is 8. The van der Waals surface area contributed by atoms with Crippen LogP contribution in [0, 0.1) is 22.9 Å². The lowest BCUT2D eigenvalue weighted by atomic mass is 10.2. The molecule has 0 aliphatic rings. The zero-order chi connectivity index (χ0) is 24.7. The van der Waals surface area contributed by atoms with Crippen LogP contribution in [0.15, 0.2) is 66.7 Å². The van der Waals surface area contributed by atoms with E-state index in [9.17, 15) is 24.1 Å². The highest BCUT2D eigenvalue weighted by atomic mass is 35.5. The SMILES string of the molecule is Cc1ccc(NC(=O)N(CCCNC(=O)c2ccc([N+](=O)[O-])cc2Cl)c2ccc(F)cc2)cc1. The minimum Gasteiger partial charge on any atom is -0.352 e. The Morgan fingerprint density at radius 3 is 2.35 bits per heavy atom. The fourth-order valence-electron chi connectivity index (χ4n) is 3.13. The fourth-order valence-corrected chi connectivity index (χ4v) is 3.39. The van der Waals surface area contributed by atoms with Gasteiger partial charge in [-0.2, -0.15) is 0 Å². The molecule has 0 atom stereocenters. The molecule has 34 heavy (non-hydrogen) atoms. The predicted molar refractivity (Wildman–Crippen MR) is 129 cm³/mol. The van der Waals surface area contributed by atoms with Gasteiger partial charge in [0.15, 0.2) is 0 Å². The first-order valence-corrected chi connectivity index (χ1v) is 10.8. The van der Waals surface area contributed by atoms with Gasteiger partial charge in [-0.15, -0.1) is 0 Å². The zero-order valence-corrected chi connectivity index (χ0v) is 19.0. The van der Waals surface area contributed by atoms with Crippen molar-refractivity contribution in [3.63, 3.8) is 0 Å². The maximum Gasteiger partial charge on any atom is 0.326 e. The topological polar surface area (TPSA) is 105 Å². The van der Waals surface area contributed by atoms with Gasteiger partial charge < -0.3 is 10.6 Å². The fraction of sp³-hybridized carbons (Fsp3) is 0.167. The number of benzene rings is 3. The second-order valence-electron chi connectivity index (χ2n) is 7.45. The molecule has 0 spiro atoms. The molecule has 0 fully saturated rings. The van der Waals surface area contributed by atoms with Crippen molar-refractivity contribution in [3.05, 3.63) is 98.8 Å². The summed E-state index contributed by atoms with van der Waals surface area (Å²) in [6, 6.07) is 16.0. The number of aryl methyl sites for hydroxylation is 1. The molecular weight excluding hydrogens is 463 g/mol. The summed E-state index contributed by atoms with van der Waals surface area (Å²) >= 11 is 6.00. The summed E-state index contributed by atoms with van der Waals surface area (Å²) in [5, 5.41) is 16.3. The Balaban J connectivity index is 1.63. The number of hydrogen-bond acceptors (Lipinski definition) is 4. The summed E-state index contributed by atoms with van der Waals surface area (Å²) in [5.74, 6) is -0.910. The quantitative estimate of drug-likeness (QED) is 0.248. The number of halogens is 2. The lowest BCUT2D eigenvalue weighted by molar-refractivity contribution is -0.384. The molecule has 0 aromatic heterocycles. The molecule has 10 heteroatoms. The van der Waals surface area contributed by atoms with E-state index in [1.807, 2.05) is 19.1 Å². The summed E-state index contributed by atoms with van der Waals surface area (Å²) in [7, 11) is 0. The van der Waals surface area contributed by atoms with Crippen LogP contribution in [-0.2, 0) is 0 Å². The molecule has 3 rings (SSSR count). The highest BCUT2D eigenvalue weighted by Crippen LogP contribution is 2.22. The monoisotopic (exact) mass is 484 g/mol. The van der Waals surface area contributed by atoms with Crippen molar-refractivity contribution < 1.29 is 18.9 Å². The number of urea groups is 1. The Labute approximate surface area is 200 Å². The standard InChI is InChI=1S/C24H22ClFN4O4/c1-16-3-7-18(8-4-16)28-24(32)29(19-9-5-17(26)6-10-19)14-2-13-27-23(31)21-12-11-20(30(33)34)15-22(21)25/h3-12,15H,2,13-14H2,1H3,(H,27,31)(H,28,32). The molecule has 0 aliphatic heterocycles. The molecule has 0 saturated carbocycles. The Kier molecular flexibility index (Phi) is 8.15. The van der Waals surface area contributed by atoms with Gasteiger partial charge in [0, 0.05) is 36.6 Å². The number of nitrogens with one attached hydrogen (secondary N) is 2. The molecule has 176 valence electrons. The number of nitrogens with zero attached hydrogens (tertiary/aromatic N) is 2. The van der Waals surface area contributed by atoms with Crippen LogP contribution in [0.3, 0.4) is 0 Å². The largest absolute Gasteiger partial charge is 0.352 e. The lowest BCUT2D eigenvalue weighted by Gasteiger charge is -2.23. The molecule has 3 amide bonds. The van der Waals surface area contributed by atoms with E-state index < -0.39 is 22.7 Å². The molecule has 0 bridgehead atoms. The molecule has 0 aliphatic carbocycles. The van der Waals surface area contributed by atoms with Crippen LogP contribution in [0.25, 0.3) is 0 Å². The van der Waals surface area contributed by atoms with Crippen molar-refractivity contribution in [2.75, 3.05) is 23.3 Å². The van der Waals surface area contributed by atoms with Crippen LogP contribution >= 0.6 is 11.6 Å². The van der Waals surface area contributed by atoms with Crippen LogP contribution in [0.1, 0.15) is 22.3 Å². The normalized spacial score (nSPS) is 10.4. The molecule has 3 aromatic carbocycles. The van der Waals surface area contributed by atoms with E-state index in [0.29, 0.717) is 17.8 Å². The molecule has 0 unspecified atom stereocenters. The van der Waals surface area contributed by atoms with E-state index in [1.54, 1.807) is 12.1 Å². The number of nitro groups is 1. The Morgan fingerprint density at radius 2 is 1.74 bits per heavy atom. The zero-order valence-electron chi connectivity index (χ0n) is 18.3. The minimum atomic E-state index is -0.598. The van der Waals surface area contributed by atoms with E-state index >= 15 is 0 Å². The van der Waals surface area contributed by atoms with E-state index in [-0.39, 0.29) is 29.4 Å². The molecular formula is C24H22ClFN4O4. The highest BCUT2D eigenvalue weighted by molar-refractivity contribution is 6.34. The first-order valence-electron chi connectivity index (χ1n) is 10.4. The molecule has 0 saturated heterocycles. The van der Waals surface area contributed by atoms with Crippen molar-refractivity contribution in [1.29, 1.82) is 0 Å².